The summed E-state index contributed by atoms with van der Waals surface area (Å²) in [5, 5.41) is 3.53. The van der Waals surface area contributed by atoms with Gasteiger partial charge in [0, 0.05) is 23.6 Å². The van der Waals surface area contributed by atoms with Crippen LogP contribution in [0.25, 0.3) is 0 Å². The van der Waals surface area contributed by atoms with Gasteiger partial charge < -0.3 is 10.2 Å². The van der Waals surface area contributed by atoms with Crippen molar-refractivity contribution in [1.29, 1.82) is 0 Å². The van der Waals surface area contributed by atoms with E-state index in [9.17, 15) is 4.79 Å². The minimum absolute atomic E-state index is 0.00713. The van der Waals surface area contributed by atoms with E-state index in [0.29, 0.717) is 6.42 Å². The second-order valence-corrected chi connectivity index (χ2v) is 7.23. The third kappa shape index (κ3) is 1.48. The number of anilines is 1. The Morgan fingerprint density at radius 1 is 1.55 bits per heavy atom. The van der Waals surface area contributed by atoms with Crippen LogP contribution in [0.4, 0.5) is 5.69 Å². The summed E-state index contributed by atoms with van der Waals surface area (Å²) in [7, 11) is 1.88. The highest BCUT2D eigenvalue weighted by molar-refractivity contribution is 9.10. The van der Waals surface area contributed by atoms with Crippen molar-refractivity contribution < 1.29 is 4.79 Å². The van der Waals surface area contributed by atoms with Gasteiger partial charge in [0.15, 0.2) is 0 Å². The average Bonchev–Trinajstić information content (AvgIpc) is 2.84. The van der Waals surface area contributed by atoms with E-state index in [1.807, 2.05) is 24.1 Å². The number of hydrogen-bond donors (Lipinski definition) is 1. The standard InChI is InChI=1S/C16H19BrN2O/c1-5-15(2,3)16-9-13(20)19(4)14(16)18-12-8-10(17)6-7-11(12)16/h5-8,14,18H,1,9H2,2-4H3. The number of carbonyl (C=O) groups excluding carboxylic acids is 1. The van der Waals surface area contributed by atoms with Gasteiger partial charge in [-0.1, -0.05) is 41.9 Å². The molecule has 0 spiro atoms. The first-order valence-corrected chi connectivity index (χ1v) is 7.58. The Balaban J connectivity index is 2.26. The molecule has 4 heteroatoms. The predicted octanol–water partition coefficient (Wildman–Crippen LogP) is 3.51. The van der Waals surface area contributed by atoms with Crippen LogP contribution >= 0.6 is 15.9 Å². The topological polar surface area (TPSA) is 32.3 Å². The Kier molecular flexibility index (Phi) is 2.81. The summed E-state index contributed by atoms with van der Waals surface area (Å²) >= 11 is 3.52. The molecule has 2 heterocycles. The van der Waals surface area contributed by atoms with Crippen molar-refractivity contribution in [3.05, 3.63) is 40.9 Å². The fourth-order valence-corrected chi connectivity index (χ4v) is 4.04. The number of nitrogens with one attached hydrogen (secondary N) is 1. The van der Waals surface area contributed by atoms with Crippen molar-refractivity contribution >= 4 is 27.5 Å². The van der Waals surface area contributed by atoms with Gasteiger partial charge in [0.25, 0.3) is 0 Å². The van der Waals surface area contributed by atoms with Crippen LogP contribution in [-0.2, 0) is 10.2 Å². The number of rotatable bonds is 2. The van der Waals surface area contributed by atoms with Crippen molar-refractivity contribution in [3.8, 4) is 0 Å². The fourth-order valence-electron chi connectivity index (χ4n) is 3.68. The molecule has 2 unspecified atom stereocenters. The van der Waals surface area contributed by atoms with Crippen LogP contribution in [0.3, 0.4) is 0 Å². The zero-order valence-corrected chi connectivity index (χ0v) is 13.6. The maximum Gasteiger partial charge on any atom is 0.225 e. The molecule has 2 atom stereocenters. The van der Waals surface area contributed by atoms with Gasteiger partial charge in [-0.25, -0.2) is 0 Å². The Morgan fingerprint density at radius 3 is 2.90 bits per heavy atom. The first-order valence-electron chi connectivity index (χ1n) is 6.79. The molecule has 1 aromatic carbocycles. The van der Waals surface area contributed by atoms with E-state index in [1.165, 1.54) is 5.56 Å². The lowest BCUT2D eigenvalue weighted by Gasteiger charge is -2.42. The minimum Gasteiger partial charge on any atom is -0.364 e. The van der Waals surface area contributed by atoms with E-state index in [4.69, 9.17) is 0 Å². The number of hydrogen-bond acceptors (Lipinski definition) is 2. The lowest BCUT2D eigenvalue weighted by Crippen LogP contribution is -2.49. The van der Waals surface area contributed by atoms with Crippen LogP contribution in [0, 0.1) is 5.41 Å². The highest BCUT2D eigenvalue weighted by Crippen LogP contribution is 2.58. The number of fused-ring (bicyclic) bond motifs is 3. The smallest absolute Gasteiger partial charge is 0.225 e. The monoisotopic (exact) mass is 334 g/mol. The predicted molar refractivity (Wildman–Crippen MR) is 84.6 cm³/mol. The van der Waals surface area contributed by atoms with E-state index < -0.39 is 0 Å². The van der Waals surface area contributed by atoms with Gasteiger partial charge in [-0.2, -0.15) is 0 Å². The third-order valence-electron chi connectivity index (χ3n) is 5.09. The van der Waals surface area contributed by atoms with Gasteiger partial charge in [0.05, 0.1) is 5.41 Å². The fraction of sp³-hybridized carbons (Fsp3) is 0.438. The maximum atomic E-state index is 12.3. The first kappa shape index (κ1) is 13.7. The number of allylic oxidation sites excluding steroid dienone is 1. The molecule has 2 aliphatic heterocycles. The second-order valence-electron chi connectivity index (χ2n) is 6.32. The number of halogens is 1. The van der Waals surface area contributed by atoms with Crippen molar-refractivity contribution in [2.24, 2.45) is 5.41 Å². The van der Waals surface area contributed by atoms with Crippen LogP contribution < -0.4 is 5.32 Å². The first-order chi connectivity index (χ1) is 9.33. The van der Waals surface area contributed by atoms with Crippen molar-refractivity contribution in [2.45, 2.75) is 31.8 Å². The van der Waals surface area contributed by atoms with E-state index in [-0.39, 0.29) is 22.9 Å². The molecule has 2 aliphatic rings. The zero-order chi connectivity index (χ0) is 14.7. The van der Waals surface area contributed by atoms with Gasteiger partial charge in [-0.15, -0.1) is 6.58 Å². The summed E-state index contributed by atoms with van der Waals surface area (Å²) in [5.41, 5.74) is 1.90. The van der Waals surface area contributed by atoms with E-state index in [1.54, 1.807) is 0 Å². The summed E-state index contributed by atoms with van der Waals surface area (Å²) in [6, 6.07) is 6.27. The number of likely N-dealkylation sites (N-methyl/N-ethyl adjacent to an activating group) is 1. The molecule has 1 aromatic rings. The Hall–Kier alpha value is -1.29. The van der Waals surface area contributed by atoms with Crippen molar-refractivity contribution in [3.63, 3.8) is 0 Å². The van der Waals surface area contributed by atoms with Gasteiger partial charge in [-0.3, -0.25) is 4.79 Å². The normalized spacial score (nSPS) is 28.1. The molecular formula is C16H19BrN2O. The molecule has 20 heavy (non-hydrogen) atoms. The van der Waals surface area contributed by atoms with Crippen LogP contribution in [-0.4, -0.2) is 24.0 Å². The Labute approximate surface area is 128 Å². The van der Waals surface area contributed by atoms with Gasteiger partial charge >= 0.3 is 0 Å². The molecular weight excluding hydrogens is 316 g/mol. The second kappa shape index (κ2) is 4.10. The number of benzene rings is 1. The summed E-state index contributed by atoms with van der Waals surface area (Å²) in [6.45, 7) is 8.34. The molecule has 0 saturated carbocycles. The molecule has 1 saturated heterocycles. The van der Waals surface area contributed by atoms with E-state index in [2.05, 4.69) is 53.8 Å². The summed E-state index contributed by atoms with van der Waals surface area (Å²) in [6.07, 6.45) is 2.49. The molecule has 0 aliphatic carbocycles. The van der Waals surface area contributed by atoms with Crippen LogP contribution in [0.15, 0.2) is 35.3 Å². The lowest BCUT2D eigenvalue weighted by molar-refractivity contribution is -0.127. The highest BCUT2D eigenvalue weighted by Gasteiger charge is 2.62. The van der Waals surface area contributed by atoms with Gasteiger partial charge in [0.2, 0.25) is 5.91 Å². The van der Waals surface area contributed by atoms with E-state index in [0.717, 1.165) is 10.2 Å². The van der Waals surface area contributed by atoms with E-state index >= 15 is 0 Å². The number of likely N-dealkylation sites (tertiary alicyclic amines) is 1. The molecule has 3 nitrogen and oxygen atoms in total. The van der Waals surface area contributed by atoms with Crippen LogP contribution in [0.2, 0.25) is 0 Å². The third-order valence-corrected chi connectivity index (χ3v) is 5.59. The molecule has 0 bridgehead atoms. The highest BCUT2D eigenvalue weighted by atomic mass is 79.9. The maximum absolute atomic E-state index is 12.3. The van der Waals surface area contributed by atoms with Crippen molar-refractivity contribution in [1.82, 2.24) is 4.90 Å². The molecule has 0 radical (unpaired) electrons. The largest absolute Gasteiger partial charge is 0.364 e. The van der Waals surface area contributed by atoms with Crippen LogP contribution in [0.5, 0.6) is 0 Å². The molecule has 106 valence electrons. The SMILES string of the molecule is C=CC(C)(C)C12CC(=O)N(C)C1Nc1cc(Br)ccc12. The summed E-state index contributed by atoms with van der Waals surface area (Å²) < 4.78 is 1.05. The minimum atomic E-state index is -0.253. The van der Waals surface area contributed by atoms with Crippen molar-refractivity contribution in [2.75, 3.05) is 12.4 Å². The lowest BCUT2D eigenvalue weighted by atomic mass is 9.60. The van der Waals surface area contributed by atoms with Gasteiger partial charge in [0.1, 0.15) is 6.17 Å². The number of amides is 1. The summed E-state index contributed by atoms with van der Waals surface area (Å²) in [5.74, 6) is 0.186. The molecule has 1 amide bonds. The number of carbonyl (C=O) groups is 1. The average molecular weight is 335 g/mol. The van der Waals surface area contributed by atoms with Crippen LogP contribution in [0.1, 0.15) is 25.8 Å². The summed E-state index contributed by atoms with van der Waals surface area (Å²) in [4.78, 5) is 14.1. The molecule has 1 N–H and O–H groups in total. The quantitative estimate of drug-likeness (QED) is 0.839. The molecule has 0 aromatic heterocycles. The zero-order valence-electron chi connectivity index (χ0n) is 12.0. The number of nitrogens with zero attached hydrogens (tertiary/aromatic N) is 1. The Bertz CT molecular complexity index is 610. The van der Waals surface area contributed by atoms with Gasteiger partial charge in [-0.05, 0) is 23.1 Å². The molecule has 1 fully saturated rings. The Morgan fingerprint density at radius 2 is 2.25 bits per heavy atom. The molecule has 3 rings (SSSR count).